The van der Waals surface area contributed by atoms with Gasteiger partial charge >= 0.3 is 0 Å². The van der Waals surface area contributed by atoms with Crippen LogP contribution in [0.15, 0.2) is 29.8 Å². The third-order valence-electron chi connectivity index (χ3n) is 7.54. The summed E-state index contributed by atoms with van der Waals surface area (Å²) in [6.45, 7) is 12.1. The molecular weight excluding hydrogens is 634 g/mol. The molecule has 12 nitrogen and oxygen atoms in total. The van der Waals surface area contributed by atoms with E-state index in [1.807, 2.05) is 64.4 Å². The number of aryl methyl sites for hydroxylation is 1. The Hall–Kier alpha value is -2.65. The van der Waals surface area contributed by atoms with Crippen molar-refractivity contribution in [2.24, 2.45) is 11.1 Å². The van der Waals surface area contributed by atoms with Crippen molar-refractivity contribution >= 4 is 41.5 Å². The summed E-state index contributed by atoms with van der Waals surface area (Å²) in [6.07, 6.45) is -0.667. The maximum Gasteiger partial charge on any atom is 0.246 e. The van der Waals surface area contributed by atoms with Crippen molar-refractivity contribution in [1.29, 1.82) is 0 Å². The monoisotopic (exact) mass is 683 g/mol. The van der Waals surface area contributed by atoms with E-state index in [1.54, 1.807) is 11.3 Å². The van der Waals surface area contributed by atoms with Crippen molar-refractivity contribution in [3.8, 4) is 10.4 Å². The van der Waals surface area contributed by atoms with Gasteiger partial charge in [-0.3, -0.25) is 14.4 Å². The molecule has 258 valence electrons. The normalized spacial score (nSPS) is 17.7. The van der Waals surface area contributed by atoms with E-state index in [0.717, 1.165) is 21.7 Å². The highest BCUT2D eigenvalue weighted by atomic mass is 35.5. The first kappa shape index (κ1) is 39.5. The summed E-state index contributed by atoms with van der Waals surface area (Å²) in [5, 5.41) is 16.3. The highest BCUT2D eigenvalue weighted by Gasteiger charge is 2.44. The number of nitrogens with zero attached hydrogens (tertiary/aromatic N) is 2. The van der Waals surface area contributed by atoms with Gasteiger partial charge in [0.1, 0.15) is 12.1 Å². The summed E-state index contributed by atoms with van der Waals surface area (Å²) < 4.78 is 16.1. The van der Waals surface area contributed by atoms with Gasteiger partial charge < -0.3 is 40.6 Å². The SMILES string of the molecule is Cc1ncsc1-c1ccc([C@H](C)NC(=O)[C@@H]2C[C@@H](O)CN2C(=O)[C@@H](NC(=O)CCOCCOCCOCCN)C(C)(C)C)cc1.Cl. The minimum absolute atomic E-state index is 0. The molecule has 0 spiro atoms. The summed E-state index contributed by atoms with van der Waals surface area (Å²) >= 11 is 1.58. The van der Waals surface area contributed by atoms with Gasteiger partial charge in [-0.2, -0.15) is 0 Å². The second-order valence-electron chi connectivity index (χ2n) is 12.3. The molecule has 1 fully saturated rings. The van der Waals surface area contributed by atoms with E-state index >= 15 is 0 Å². The van der Waals surface area contributed by atoms with Gasteiger partial charge in [-0.1, -0.05) is 45.0 Å². The molecule has 3 rings (SSSR count). The number of aliphatic hydroxyl groups is 1. The summed E-state index contributed by atoms with van der Waals surface area (Å²) in [7, 11) is 0. The summed E-state index contributed by atoms with van der Waals surface area (Å²) in [4.78, 5) is 46.9. The molecule has 1 saturated heterocycles. The lowest BCUT2D eigenvalue weighted by Gasteiger charge is -2.35. The number of β-amino-alcohol motifs (C(OH)–C–C–N with tert-alkyl or cyclic N) is 1. The molecule has 1 aliphatic heterocycles. The Labute approximate surface area is 282 Å². The third-order valence-corrected chi connectivity index (χ3v) is 8.52. The number of amides is 3. The minimum Gasteiger partial charge on any atom is -0.391 e. The number of aliphatic hydroxyl groups excluding tert-OH is 1. The lowest BCUT2D eigenvalue weighted by atomic mass is 9.85. The molecule has 1 aromatic heterocycles. The molecule has 0 radical (unpaired) electrons. The van der Waals surface area contributed by atoms with Crippen LogP contribution in [0.1, 0.15) is 57.8 Å². The fraction of sp³-hybridized carbons (Fsp3) is 0.625. The van der Waals surface area contributed by atoms with E-state index in [1.165, 1.54) is 4.90 Å². The van der Waals surface area contributed by atoms with Gasteiger partial charge in [0.2, 0.25) is 17.7 Å². The molecule has 14 heteroatoms. The average Bonchev–Trinajstić information content (AvgIpc) is 3.61. The third kappa shape index (κ3) is 11.9. The fourth-order valence-electron chi connectivity index (χ4n) is 5.04. The Balaban J connectivity index is 0.00000736. The van der Waals surface area contributed by atoms with Gasteiger partial charge in [0.15, 0.2) is 0 Å². The number of nitrogens with one attached hydrogen (secondary N) is 2. The highest BCUT2D eigenvalue weighted by molar-refractivity contribution is 7.13. The first-order chi connectivity index (χ1) is 21.4. The van der Waals surface area contributed by atoms with Crippen LogP contribution < -0.4 is 16.4 Å². The molecule has 1 aromatic carbocycles. The molecular formula is C32H50ClN5O7S. The topological polar surface area (TPSA) is 165 Å². The molecule has 0 unspecified atom stereocenters. The number of aromatic nitrogens is 1. The lowest BCUT2D eigenvalue weighted by Crippen LogP contribution is -2.58. The maximum absolute atomic E-state index is 13.8. The number of thiazole rings is 1. The Morgan fingerprint density at radius 3 is 2.22 bits per heavy atom. The largest absolute Gasteiger partial charge is 0.391 e. The van der Waals surface area contributed by atoms with Crippen molar-refractivity contribution in [3.63, 3.8) is 0 Å². The van der Waals surface area contributed by atoms with Crippen LogP contribution in [0.4, 0.5) is 0 Å². The Kier molecular flexibility index (Phi) is 16.5. The van der Waals surface area contributed by atoms with Crippen LogP contribution in [0, 0.1) is 12.3 Å². The van der Waals surface area contributed by atoms with Crippen molar-refractivity contribution in [3.05, 3.63) is 41.0 Å². The fourth-order valence-corrected chi connectivity index (χ4v) is 5.85. The summed E-state index contributed by atoms with van der Waals surface area (Å²) in [6, 6.07) is 5.86. The molecule has 2 heterocycles. The standard InChI is InChI=1S/C32H49N5O7S.ClH/c1-21(23-6-8-24(9-7-23)28-22(2)34-20-45-28)35-30(40)26-18-25(38)19-37(26)31(41)29(32(3,4)5)36-27(39)10-12-42-14-16-44-17-15-43-13-11-33;/h6-9,20-21,25-26,29,38H,10-19,33H2,1-5H3,(H,35,40)(H,36,39);1H/t21-,25+,26-,29+;/m0./s1. The zero-order chi connectivity index (χ0) is 33.0. The van der Waals surface area contributed by atoms with Gasteiger partial charge in [-0.15, -0.1) is 23.7 Å². The van der Waals surface area contributed by atoms with Gasteiger partial charge in [0.05, 0.1) is 67.9 Å². The average molecular weight is 684 g/mol. The van der Waals surface area contributed by atoms with Gasteiger partial charge in [0.25, 0.3) is 0 Å². The summed E-state index contributed by atoms with van der Waals surface area (Å²) in [5.74, 6) is -1.10. The van der Waals surface area contributed by atoms with E-state index < -0.39 is 29.5 Å². The number of ether oxygens (including phenoxy) is 3. The lowest BCUT2D eigenvalue weighted by molar-refractivity contribution is -0.144. The Morgan fingerprint density at radius 2 is 1.65 bits per heavy atom. The second-order valence-corrected chi connectivity index (χ2v) is 13.1. The molecule has 2 aromatic rings. The van der Waals surface area contributed by atoms with Crippen LogP contribution in [0.5, 0.6) is 0 Å². The molecule has 5 N–H and O–H groups in total. The van der Waals surface area contributed by atoms with E-state index in [4.69, 9.17) is 19.9 Å². The number of benzene rings is 1. The number of carbonyl (C=O) groups excluding carboxylic acids is 3. The van der Waals surface area contributed by atoms with Crippen molar-refractivity contribution in [2.45, 2.75) is 71.7 Å². The molecule has 46 heavy (non-hydrogen) atoms. The maximum atomic E-state index is 13.8. The summed E-state index contributed by atoms with van der Waals surface area (Å²) in [5.41, 5.74) is 9.47. The number of halogens is 1. The molecule has 1 aliphatic rings. The van der Waals surface area contributed by atoms with Gasteiger partial charge in [-0.25, -0.2) is 4.98 Å². The van der Waals surface area contributed by atoms with Crippen LogP contribution in [-0.4, -0.2) is 104 Å². The molecule has 0 saturated carbocycles. The van der Waals surface area contributed by atoms with Crippen molar-refractivity contribution < 1.29 is 33.7 Å². The van der Waals surface area contributed by atoms with E-state index in [9.17, 15) is 19.5 Å². The van der Waals surface area contributed by atoms with E-state index in [0.29, 0.717) is 39.6 Å². The molecule has 4 atom stereocenters. The number of rotatable bonds is 17. The molecule has 3 amide bonds. The van der Waals surface area contributed by atoms with Crippen molar-refractivity contribution in [2.75, 3.05) is 52.7 Å². The van der Waals surface area contributed by atoms with Crippen LogP contribution in [0.2, 0.25) is 0 Å². The highest BCUT2D eigenvalue weighted by Crippen LogP contribution is 2.29. The van der Waals surface area contributed by atoms with E-state index in [2.05, 4.69) is 15.6 Å². The molecule has 0 aliphatic carbocycles. The molecule has 0 bridgehead atoms. The Morgan fingerprint density at radius 1 is 1.04 bits per heavy atom. The van der Waals surface area contributed by atoms with Crippen LogP contribution in [-0.2, 0) is 28.6 Å². The van der Waals surface area contributed by atoms with Crippen LogP contribution in [0.3, 0.4) is 0 Å². The number of nitrogens with two attached hydrogens (primary N) is 1. The smallest absolute Gasteiger partial charge is 0.246 e. The first-order valence-electron chi connectivity index (χ1n) is 15.4. The predicted octanol–water partition coefficient (Wildman–Crippen LogP) is 2.61. The Bertz CT molecular complexity index is 1240. The zero-order valence-corrected chi connectivity index (χ0v) is 29.1. The van der Waals surface area contributed by atoms with Gasteiger partial charge in [-0.05, 0) is 30.4 Å². The zero-order valence-electron chi connectivity index (χ0n) is 27.5. The van der Waals surface area contributed by atoms with Crippen LogP contribution in [0.25, 0.3) is 10.4 Å². The number of carbonyl (C=O) groups is 3. The predicted molar refractivity (Wildman–Crippen MR) is 180 cm³/mol. The van der Waals surface area contributed by atoms with Crippen molar-refractivity contribution in [1.82, 2.24) is 20.5 Å². The minimum atomic E-state index is -0.900. The number of hydrogen-bond donors (Lipinski definition) is 4. The van der Waals surface area contributed by atoms with E-state index in [-0.39, 0.29) is 56.3 Å². The number of hydrogen-bond acceptors (Lipinski definition) is 10. The number of likely N-dealkylation sites (tertiary alicyclic amines) is 1. The quantitative estimate of drug-likeness (QED) is 0.183. The van der Waals surface area contributed by atoms with Crippen LogP contribution >= 0.6 is 23.7 Å². The van der Waals surface area contributed by atoms with Gasteiger partial charge in [0, 0.05) is 25.9 Å². The second kappa shape index (κ2) is 19.2. The first-order valence-corrected chi connectivity index (χ1v) is 16.3.